The summed E-state index contributed by atoms with van der Waals surface area (Å²) in [6.07, 6.45) is 3.12. The summed E-state index contributed by atoms with van der Waals surface area (Å²) in [5.74, 6) is 1.34. The van der Waals surface area contributed by atoms with Gasteiger partial charge >= 0.3 is 0 Å². The summed E-state index contributed by atoms with van der Waals surface area (Å²) in [4.78, 5) is 28.3. The fraction of sp³-hybridized carbons (Fsp3) is 0.474. The average Bonchev–Trinajstić information content (AvgIpc) is 3.10. The molecule has 0 bridgehead atoms. The first-order valence-corrected chi connectivity index (χ1v) is 8.61. The van der Waals surface area contributed by atoms with Crippen LogP contribution in [0, 0.1) is 17.8 Å². The van der Waals surface area contributed by atoms with Crippen LogP contribution in [0.5, 0.6) is 0 Å². The molecule has 1 aromatic carbocycles. The van der Waals surface area contributed by atoms with E-state index in [1.807, 2.05) is 23.1 Å². The first-order valence-electron chi connectivity index (χ1n) is 8.61. The number of amides is 2. The number of aliphatic hydroxyl groups is 1. The lowest BCUT2D eigenvalue weighted by molar-refractivity contribution is -0.114. The summed E-state index contributed by atoms with van der Waals surface area (Å²) in [6.45, 7) is 6.01. The van der Waals surface area contributed by atoms with Crippen LogP contribution in [0.25, 0.3) is 0 Å². The Labute approximate surface area is 141 Å². The van der Waals surface area contributed by atoms with Crippen LogP contribution in [-0.4, -0.2) is 48.1 Å². The van der Waals surface area contributed by atoms with E-state index >= 15 is 0 Å². The van der Waals surface area contributed by atoms with Gasteiger partial charge in [-0.2, -0.15) is 0 Å². The SMILES string of the molecule is C=CC(=O)N1CCCc2cc(C(=O)N3C[C@@H]4C(CO)[C@@H]4C3)ccc21. The Kier molecular flexibility index (Phi) is 3.68. The molecule has 1 aromatic rings. The van der Waals surface area contributed by atoms with Gasteiger partial charge in [0.25, 0.3) is 5.91 Å². The Morgan fingerprint density at radius 2 is 2.04 bits per heavy atom. The molecule has 0 aromatic heterocycles. The zero-order valence-electron chi connectivity index (χ0n) is 13.6. The number of likely N-dealkylation sites (tertiary alicyclic amines) is 1. The molecule has 4 rings (SSSR count). The second-order valence-electron chi connectivity index (χ2n) is 7.03. The summed E-state index contributed by atoms with van der Waals surface area (Å²) in [5, 5.41) is 9.23. The van der Waals surface area contributed by atoms with E-state index in [1.54, 1.807) is 4.90 Å². The first kappa shape index (κ1) is 15.4. The molecule has 2 amide bonds. The van der Waals surface area contributed by atoms with Crippen LogP contribution in [0.4, 0.5) is 5.69 Å². The molecule has 1 saturated carbocycles. The molecule has 1 aliphatic carbocycles. The minimum absolute atomic E-state index is 0.0638. The zero-order valence-corrected chi connectivity index (χ0v) is 13.6. The largest absolute Gasteiger partial charge is 0.396 e. The van der Waals surface area contributed by atoms with Crippen molar-refractivity contribution in [2.24, 2.45) is 17.8 Å². The number of fused-ring (bicyclic) bond motifs is 2. The number of hydrogen-bond acceptors (Lipinski definition) is 3. The minimum Gasteiger partial charge on any atom is -0.396 e. The van der Waals surface area contributed by atoms with E-state index in [2.05, 4.69) is 6.58 Å². The predicted molar refractivity (Wildman–Crippen MR) is 90.8 cm³/mol. The summed E-state index contributed by atoms with van der Waals surface area (Å²) in [6, 6.07) is 5.65. The monoisotopic (exact) mass is 326 g/mol. The van der Waals surface area contributed by atoms with Crippen LogP contribution in [0.2, 0.25) is 0 Å². The predicted octanol–water partition coefficient (Wildman–Crippen LogP) is 1.46. The van der Waals surface area contributed by atoms with E-state index < -0.39 is 0 Å². The van der Waals surface area contributed by atoms with Crippen molar-refractivity contribution in [2.75, 3.05) is 31.1 Å². The lowest BCUT2D eigenvalue weighted by Gasteiger charge is -2.29. The lowest BCUT2D eigenvalue weighted by Crippen LogP contribution is -2.35. The van der Waals surface area contributed by atoms with Crippen LogP contribution >= 0.6 is 0 Å². The van der Waals surface area contributed by atoms with Gasteiger partial charge in [-0.25, -0.2) is 0 Å². The molecule has 2 fully saturated rings. The molecule has 1 saturated heterocycles. The Hall–Kier alpha value is -2.14. The highest BCUT2D eigenvalue weighted by Gasteiger charge is 2.56. The molecule has 1 unspecified atom stereocenters. The van der Waals surface area contributed by atoms with Crippen molar-refractivity contribution in [3.63, 3.8) is 0 Å². The number of nitrogens with zero attached hydrogens (tertiary/aromatic N) is 2. The topological polar surface area (TPSA) is 60.9 Å². The van der Waals surface area contributed by atoms with Crippen molar-refractivity contribution in [2.45, 2.75) is 12.8 Å². The Bertz CT molecular complexity index is 703. The molecule has 5 nitrogen and oxygen atoms in total. The number of aliphatic hydroxyl groups excluding tert-OH is 1. The van der Waals surface area contributed by atoms with Gasteiger partial charge in [0.15, 0.2) is 0 Å². The highest BCUT2D eigenvalue weighted by molar-refractivity contribution is 6.02. The molecule has 5 heteroatoms. The Balaban J connectivity index is 1.52. The van der Waals surface area contributed by atoms with E-state index in [-0.39, 0.29) is 18.4 Å². The van der Waals surface area contributed by atoms with Crippen molar-refractivity contribution in [3.8, 4) is 0 Å². The molecular weight excluding hydrogens is 304 g/mol. The second kappa shape index (κ2) is 5.74. The van der Waals surface area contributed by atoms with Gasteiger partial charge < -0.3 is 14.9 Å². The maximum atomic E-state index is 12.7. The number of carbonyl (C=O) groups is 2. The van der Waals surface area contributed by atoms with E-state index in [0.29, 0.717) is 29.9 Å². The van der Waals surface area contributed by atoms with Gasteiger partial charge in [-0.1, -0.05) is 6.58 Å². The highest BCUT2D eigenvalue weighted by Crippen LogP contribution is 2.51. The molecule has 3 atom stereocenters. The third-order valence-electron chi connectivity index (χ3n) is 5.76. The van der Waals surface area contributed by atoms with E-state index in [4.69, 9.17) is 0 Å². The Morgan fingerprint density at radius 3 is 2.71 bits per heavy atom. The normalized spacial score (nSPS) is 27.5. The van der Waals surface area contributed by atoms with Gasteiger partial charge in [0.05, 0.1) is 0 Å². The number of aryl methyl sites for hydroxylation is 1. The molecule has 3 aliphatic rings. The van der Waals surface area contributed by atoms with Crippen LogP contribution in [0.15, 0.2) is 30.9 Å². The van der Waals surface area contributed by atoms with E-state index in [0.717, 1.165) is 37.2 Å². The van der Waals surface area contributed by atoms with E-state index in [9.17, 15) is 14.7 Å². The van der Waals surface area contributed by atoms with Crippen LogP contribution < -0.4 is 4.90 Å². The summed E-state index contributed by atoms with van der Waals surface area (Å²) in [7, 11) is 0. The summed E-state index contributed by atoms with van der Waals surface area (Å²) in [5.41, 5.74) is 2.65. The lowest BCUT2D eigenvalue weighted by atomic mass is 9.98. The molecule has 1 N–H and O–H groups in total. The average molecular weight is 326 g/mol. The molecule has 0 radical (unpaired) electrons. The van der Waals surface area contributed by atoms with Gasteiger partial charge in [0.1, 0.15) is 0 Å². The van der Waals surface area contributed by atoms with Gasteiger partial charge in [-0.3, -0.25) is 9.59 Å². The smallest absolute Gasteiger partial charge is 0.253 e. The minimum atomic E-state index is -0.0929. The molecule has 2 heterocycles. The maximum Gasteiger partial charge on any atom is 0.253 e. The summed E-state index contributed by atoms with van der Waals surface area (Å²) < 4.78 is 0. The number of benzene rings is 1. The third-order valence-corrected chi connectivity index (χ3v) is 5.76. The highest BCUT2D eigenvalue weighted by atomic mass is 16.3. The second-order valence-corrected chi connectivity index (χ2v) is 7.03. The number of hydrogen-bond donors (Lipinski definition) is 1. The molecule has 2 aliphatic heterocycles. The van der Waals surface area contributed by atoms with Crippen molar-refractivity contribution in [3.05, 3.63) is 42.0 Å². The van der Waals surface area contributed by atoms with Crippen molar-refractivity contribution < 1.29 is 14.7 Å². The van der Waals surface area contributed by atoms with Gasteiger partial charge in [0.2, 0.25) is 5.91 Å². The summed E-state index contributed by atoms with van der Waals surface area (Å²) >= 11 is 0. The Morgan fingerprint density at radius 1 is 1.29 bits per heavy atom. The van der Waals surface area contributed by atoms with Crippen molar-refractivity contribution in [1.82, 2.24) is 4.90 Å². The quantitative estimate of drug-likeness (QED) is 0.856. The fourth-order valence-corrected chi connectivity index (χ4v) is 4.34. The van der Waals surface area contributed by atoms with Gasteiger partial charge in [-0.15, -0.1) is 0 Å². The fourth-order valence-electron chi connectivity index (χ4n) is 4.34. The third kappa shape index (κ3) is 2.35. The molecule has 24 heavy (non-hydrogen) atoms. The maximum absolute atomic E-state index is 12.7. The number of carbonyl (C=O) groups excluding carboxylic acids is 2. The number of piperidine rings is 1. The van der Waals surface area contributed by atoms with Crippen LogP contribution in [0.3, 0.4) is 0 Å². The van der Waals surface area contributed by atoms with Crippen LogP contribution in [-0.2, 0) is 11.2 Å². The van der Waals surface area contributed by atoms with Crippen molar-refractivity contribution in [1.29, 1.82) is 0 Å². The standard InChI is InChI=1S/C19H22N2O3/c1-2-18(23)21-7-3-4-12-8-13(5-6-17(12)21)19(24)20-9-14-15(10-20)16(14)11-22/h2,5-6,8,14-16,22H,1,3-4,7,9-11H2/t14-,15+,16?. The zero-order chi connectivity index (χ0) is 16.8. The number of anilines is 1. The molecule has 126 valence electrons. The van der Waals surface area contributed by atoms with Crippen LogP contribution in [0.1, 0.15) is 22.3 Å². The molecular formula is C19H22N2O3. The van der Waals surface area contributed by atoms with Gasteiger partial charge in [-0.05, 0) is 60.4 Å². The first-order chi connectivity index (χ1) is 11.6. The van der Waals surface area contributed by atoms with E-state index in [1.165, 1.54) is 6.08 Å². The van der Waals surface area contributed by atoms with Gasteiger partial charge in [0, 0.05) is 37.5 Å². The molecule has 0 spiro atoms. The van der Waals surface area contributed by atoms with Crippen molar-refractivity contribution >= 4 is 17.5 Å². The number of rotatable bonds is 3.